The molecule has 4 aromatic rings. The van der Waals surface area contributed by atoms with Crippen LogP contribution < -0.4 is 5.32 Å². The fraction of sp³-hybridized carbons (Fsp3) is 0.100. The summed E-state index contributed by atoms with van der Waals surface area (Å²) in [6, 6.07) is 13.5. The summed E-state index contributed by atoms with van der Waals surface area (Å²) in [7, 11) is 0. The SMILES string of the molecule is C=CCn1c2ccccc2c2nnc(SCC(=O)Nc3ccc([N+](=O)[O-])cc3)nc21. The molecule has 150 valence electrons. The summed E-state index contributed by atoms with van der Waals surface area (Å²) in [5.74, 6) is -0.199. The summed E-state index contributed by atoms with van der Waals surface area (Å²) < 4.78 is 2.01. The van der Waals surface area contributed by atoms with E-state index in [4.69, 9.17) is 0 Å². The van der Waals surface area contributed by atoms with Crippen LogP contribution in [0.2, 0.25) is 0 Å². The van der Waals surface area contributed by atoms with Gasteiger partial charge < -0.3 is 9.88 Å². The molecule has 0 aliphatic heterocycles. The Labute approximate surface area is 175 Å². The molecule has 1 N–H and O–H groups in total. The zero-order valence-corrected chi connectivity index (χ0v) is 16.5. The lowest BCUT2D eigenvalue weighted by Gasteiger charge is -2.05. The Morgan fingerprint density at radius 3 is 2.70 bits per heavy atom. The van der Waals surface area contributed by atoms with Gasteiger partial charge in [-0.25, -0.2) is 4.98 Å². The van der Waals surface area contributed by atoms with E-state index >= 15 is 0 Å². The smallest absolute Gasteiger partial charge is 0.269 e. The lowest BCUT2D eigenvalue weighted by molar-refractivity contribution is -0.384. The number of amides is 1. The molecule has 2 aromatic heterocycles. The molecule has 0 atom stereocenters. The molecular weight excluding hydrogens is 404 g/mol. The third-order valence-corrected chi connectivity index (χ3v) is 5.20. The van der Waals surface area contributed by atoms with Gasteiger partial charge in [0.25, 0.3) is 5.69 Å². The van der Waals surface area contributed by atoms with E-state index in [1.807, 2.05) is 28.8 Å². The van der Waals surface area contributed by atoms with Crippen LogP contribution in [0.3, 0.4) is 0 Å². The number of nitrogens with one attached hydrogen (secondary N) is 1. The van der Waals surface area contributed by atoms with Crippen molar-refractivity contribution in [3.05, 3.63) is 71.3 Å². The van der Waals surface area contributed by atoms with Gasteiger partial charge in [0, 0.05) is 29.8 Å². The van der Waals surface area contributed by atoms with Crippen molar-refractivity contribution in [2.24, 2.45) is 0 Å². The van der Waals surface area contributed by atoms with E-state index in [2.05, 4.69) is 27.1 Å². The molecule has 2 heterocycles. The molecule has 10 heteroatoms. The molecule has 0 spiro atoms. The number of thioether (sulfide) groups is 1. The third kappa shape index (κ3) is 3.85. The summed E-state index contributed by atoms with van der Waals surface area (Å²) in [6.07, 6.45) is 1.79. The second-order valence-electron chi connectivity index (χ2n) is 6.32. The summed E-state index contributed by atoms with van der Waals surface area (Å²) in [5, 5.41) is 23.2. The van der Waals surface area contributed by atoms with Crippen molar-refractivity contribution in [2.75, 3.05) is 11.1 Å². The van der Waals surface area contributed by atoms with Gasteiger partial charge in [0.05, 0.1) is 16.2 Å². The van der Waals surface area contributed by atoms with Crippen molar-refractivity contribution in [3.63, 3.8) is 0 Å². The van der Waals surface area contributed by atoms with Crippen molar-refractivity contribution in [1.82, 2.24) is 19.7 Å². The lowest BCUT2D eigenvalue weighted by atomic mass is 10.2. The molecule has 9 nitrogen and oxygen atoms in total. The Hall–Kier alpha value is -3.79. The van der Waals surface area contributed by atoms with Gasteiger partial charge in [0.1, 0.15) is 5.52 Å². The topological polar surface area (TPSA) is 116 Å². The number of anilines is 1. The van der Waals surface area contributed by atoms with Gasteiger partial charge in [-0.05, 0) is 18.2 Å². The minimum atomic E-state index is -0.492. The highest BCUT2D eigenvalue weighted by Crippen LogP contribution is 2.27. The molecule has 0 radical (unpaired) electrons. The summed E-state index contributed by atoms with van der Waals surface area (Å²) in [6.45, 7) is 4.38. The van der Waals surface area contributed by atoms with E-state index in [-0.39, 0.29) is 17.3 Å². The highest BCUT2D eigenvalue weighted by Gasteiger charge is 2.15. The molecule has 1 amide bonds. The number of allylic oxidation sites excluding steroid dienone is 1. The molecule has 0 bridgehead atoms. The molecule has 2 aromatic carbocycles. The summed E-state index contributed by atoms with van der Waals surface area (Å²) >= 11 is 1.16. The van der Waals surface area contributed by atoms with Gasteiger partial charge in [0.15, 0.2) is 5.65 Å². The van der Waals surface area contributed by atoms with Crippen molar-refractivity contribution in [3.8, 4) is 0 Å². The Morgan fingerprint density at radius 2 is 1.97 bits per heavy atom. The maximum Gasteiger partial charge on any atom is 0.269 e. The molecular formula is C20H16N6O3S. The molecule has 0 saturated heterocycles. The molecule has 0 saturated carbocycles. The van der Waals surface area contributed by atoms with Gasteiger partial charge in [-0.1, -0.05) is 36.0 Å². The fourth-order valence-electron chi connectivity index (χ4n) is 3.06. The van der Waals surface area contributed by atoms with E-state index in [1.54, 1.807) is 6.08 Å². The Morgan fingerprint density at radius 1 is 1.20 bits per heavy atom. The van der Waals surface area contributed by atoms with Gasteiger partial charge >= 0.3 is 0 Å². The molecule has 0 aliphatic carbocycles. The number of carbonyl (C=O) groups is 1. The maximum absolute atomic E-state index is 12.2. The number of hydrogen-bond donors (Lipinski definition) is 1. The van der Waals surface area contributed by atoms with Crippen LogP contribution >= 0.6 is 11.8 Å². The van der Waals surface area contributed by atoms with E-state index in [0.717, 1.165) is 22.7 Å². The molecule has 0 aliphatic rings. The average Bonchev–Trinajstić information content (AvgIpc) is 3.06. The third-order valence-electron chi connectivity index (χ3n) is 4.36. The quantitative estimate of drug-likeness (QED) is 0.209. The van der Waals surface area contributed by atoms with E-state index in [9.17, 15) is 14.9 Å². The van der Waals surface area contributed by atoms with Gasteiger partial charge in [-0.2, -0.15) is 0 Å². The van der Waals surface area contributed by atoms with Crippen LogP contribution in [-0.4, -0.2) is 36.3 Å². The molecule has 30 heavy (non-hydrogen) atoms. The number of nitrogens with zero attached hydrogens (tertiary/aromatic N) is 5. The van der Waals surface area contributed by atoms with Crippen LogP contribution in [0.15, 0.2) is 66.3 Å². The first-order valence-corrected chi connectivity index (χ1v) is 9.95. The first-order chi connectivity index (χ1) is 14.6. The van der Waals surface area contributed by atoms with Crippen LogP contribution in [0.1, 0.15) is 0 Å². The first kappa shape index (κ1) is 19.5. The van der Waals surface area contributed by atoms with Crippen LogP contribution in [0.5, 0.6) is 0 Å². The Bertz CT molecular complexity index is 1270. The largest absolute Gasteiger partial charge is 0.325 e. The van der Waals surface area contributed by atoms with Crippen LogP contribution in [0.4, 0.5) is 11.4 Å². The predicted molar refractivity (Wildman–Crippen MR) is 115 cm³/mol. The van der Waals surface area contributed by atoms with Crippen LogP contribution in [0.25, 0.3) is 22.1 Å². The number of rotatable bonds is 7. The zero-order valence-electron chi connectivity index (χ0n) is 15.7. The highest BCUT2D eigenvalue weighted by atomic mass is 32.2. The first-order valence-electron chi connectivity index (χ1n) is 8.96. The lowest BCUT2D eigenvalue weighted by Crippen LogP contribution is -2.14. The minimum absolute atomic E-state index is 0.0370. The number of nitro benzene ring substituents is 1. The van der Waals surface area contributed by atoms with Crippen LogP contribution in [0, 0.1) is 10.1 Å². The van der Waals surface area contributed by atoms with Crippen LogP contribution in [-0.2, 0) is 11.3 Å². The number of benzene rings is 2. The number of carbonyl (C=O) groups excluding carboxylic acids is 1. The standard InChI is InChI=1S/C20H16N6O3S/c1-2-11-25-16-6-4-3-5-15(16)18-19(25)22-20(24-23-18)30-12-17(27)21-13-7-9-14(10-8-13)26(28)29/h2-10H,1,11-12H2,(H,21,27). The Kier molecular flexibility index (Phi) is 5.40. The number of para-hydroxylation sites is 1. The van der Waals surface area contributed by atoms with Crippen molar-refractivity contribution in [1.29, 1.82) is 0 Å². The number of non-ortho nitro benzene ring substituents is 1. The molecule has 4 rings (SSSR count). The maximum atomic E-state index is 12.2. The van der Waals surface area contributed by atoms with Gasteiger partial charge in [0.2, 0.25) is 11.1 Å². The second-order valence-corrected chi connectivity index (χ2v) is 7.27. The predicted octanol–water partition coefficient (Wildman–Crippen LogP) is 3.80. The van der Waals surface area contributed by atoms with E-state index in [1.165, 1.54) is 24.3 Å². The normalized spacial score (nSPS) is 10.9. The number of fused-ring (bicyclic) bond motifs is 3. The summed E-state index contributed by atoms with van der Waals surface area (Å²) in [5.41, 5.74) is 2.82. The molecule has 0 unspecified atom stereocenters. The molecule has 0 fully saturated rings. The fourth-order valence-corrected chi connectivity index (χ4v) is 3.64. The Balaban J connectivity index is 1.50. The zero-order chi connectivity index (χ0) is 21.1. The monoisotopic (exact) mass is 420 g/mol. The van der Waals surface area contributed by atoms with E-state index in [0.29, 0.717) is 28.6 Å². The number of aromatic nitrogens is 4. The highest BCUT2D eigenvalue weighted by molar-refractivity contribution is 7.99. The van der Waals surface area contributed by atoms with Crippen molar-refractivity contribution in [2.45, 2.75) is 11.7 Å². The van der Waals surface area contributed by atoms with Crippen molar-refractivity contribution < 1.29 is 9.72 Å². The minimum Gasteiger partial charge on any atom is -0.325 e. The summed E-state index contributed by atoms with van der Waals surface area (Å²) in [4.78, 5) is 27.0. The average molecular weight is 420 g/mol. The van der Waals surface area contributed by atoms with Gasteiger partial charge in [-0.15, -0.1) is 16.8 Å². The van der Waals surface area contributed by atoms with Gasteiger partial charge in [-0.3, -0.25) is 14.9 Å². The second kappa shape index (κ2) is 8.29. The number of hydrogen-bond acceptors (Lipinski definition) is 7. The van der Waals surface area contributed by atoms with E-state index < -0.39 is 4.92 Å². The number of nitro groups is 1. The van der Waals surface area contributed by atoms with Crippen molar-refractivity contribution >= 4 is 51.1 Å².